The highest BCUT2D eigenvalue weighted by atomic mass is 35.5. The highest BCUT2D eigenvalue weighted by molar-refractivity contribution is 6.21. The maximum atomic E-state index is 13.9. The van der Waals surface area contributed by atoms with Gasteiger partial charge in [0, 0.05) is 32.7 Å². The molecule has 6 nitrogen and oxygen atoms in total. The van der Waals surface area contributed by atoms with Gasteiger partial charge in [-0.1, -0.05) is 12.1 Å². The third kappa shape index (κ3) is 4.88. The summed E-state index contributed by atoms with van der Waals surface area (Å²) in [5, 5.41) is -0.666. The van der Waals surface area contributed by atoms with Crippen LogP contribution in [0.3, 0.4) is 0 Å². The zero-order valence-electron chi connectivity index (χ0n) is 18.9. The van der Waals surface area contributed by atoms with E-state index in [-0.39, 0.29) is 30.8 Å². The van der Waals surface area contributed by atoms with Crippen LogP contribution in [0.1, 0.15) is 33.1 Å². The average molecular weight is 466 g/mol. The molecule has 176 valence electrons. The molecule has 2 aliphatic heterocycles. The lowest BCUT2D eigenvalue weighted by molar-refractivity contribution is -0.140. The molecule has 1 saturated carbocycles. The predicted molar refractivity (Wildman–Crippen MR) is 123 cm³/mol. The van der Waals surface area contributed by atoms with Crippen LogP contribution in [0.15, 0.2) is 24.3 Å². The van der Waals surface area contributed by atoms with Gasteiger partial charge >= 0.3 is 0 Å². The summed E-state index contributed by atoms with van der Waals surface area (Å²) in [7, 11) is 0. The molecule has 8 heteroatoms. The lowest BCUT2D eigenvalue weighted by Crippen LogP contribution is -2.47. The minimum atomic E-state index is -1.21. The molecule has 2 amide bonds. The van der Waals surface area contributed by atoms with E-state index in [1.54, 1.807) is 0 Å². The van der Waals surface area contributed by atoms with Gasteiger partial charge in [0.05, 0.1) is 29.0 Å². The van der Waals surface area contributed by atoms with Crippen LogP contribution in [0.2, 0.25) is 0 Å². The van der Waals surface area contributed by atoms with Crippen LogP contribution in [-0.2, 0) is 9.59 Å². The Balaban J connectivity index is 1.25. The maximum absolute atomic E-state index is 13.9. The van der Waals surface area contributed by atoms with Crippen LogP contribution in [-0.4, -0.2) is 78.5 Å². The van der Waals surface area contributed by atoms with Crippen molar-refractivity contribution in [1.29, 1.82) is 0 Å². The zero-order valence-corrected chi connectivity index (χ0v) is 19.6. The fraction of sp³-hybridized carbons (Fsp3) is 0.667. The van der Waals surface area contributed by atoms with Crippen molar-refractivity contribution in [3.8, 4) is 5.75 Å². The van der Waals surface area contributed by atoms with E-state index in [9.17, 15) is 14.0 Å². The number of piperazine rings is 1. The third-order valence-electron chi connectivity index (χ3n) is 6.80. The predicted octanol–water partition coefficient (Wildman–Crippen LogP) is 3.33. The number of nitrogens with zero attached hydrogens (tertiary/aromatic N) is 3. The zero-order chi connectivity index (χ0) is 22.8. The fourth-order valence-electron chi connectivity index (χ4n) is 5.12. The third-order valence-corrected chi connectivity index (χ3v) is 7.25. The number of likely N-dealkylation sites (tertiary alicyclic amines) is 1. The van der Waals surface area contributed by atoms with Crippen LogP contribution in [0.5, 0.6) is 5.75 Å². The van der Waals surface area contributed by atoms with Crippen LogP contribution >= 0.6 is 11.6 Å². The van der Waals surface area contributed by atoms with E-state index in [1.807, 2.05) is 32.0 Å². The van der Waals surface area contributed by atoms with Crippen molar-refractivity contribution in [2.75, 3.05) is 44.2 Å². The number of fused-ring (bicyclic) bond motifs is 1. The molecular formula is C24H33ClFN3O3. The summed E-state index contributed by atoms with van der Waals surface area (Å²) in [6, 6.07) is 8.15. The van der Waals surface area contributed by atoms with Gasteiger partial charge in [-0.05, 0) is 51.8 Å². The molecule has 0 aromatic heterocycles. The minimum Gasteiger partial charge on any atom is -0.489 e. The molecule has 3 fully saturated rings. The Hall–Kier alpha value is -1.86. The van der Waals surface area contributed by atoms with Gasteiger partial charge in [0.2, 0.25) is 11.8 Å². The minimum absolute atomic E-state index is 0.0733. The largest absolute Gasteiger partial charge is 0.489 e. The van der Waals surface area contributed by atoms with Crippen LogP contribution in [0, 0.1) is 11.8 Å². The number of amides is 2. The molecule has 0 radical (unpaired) electrons. The monoisotopic (exact) mass is 465 g/mol. The van der Waals surface area contributed by atoms with E-state index < -0.39 is 23.4 Å². The van der Waals surface area contributed by atoms with Crippen molar-refractivity contribution in [1.82, 2.24) is 9.80 Å². The second kappa shape index (κ2) is 9.96. The van der Waals surface area contributed by atoms with Crippen LogP contribution in [0.4, 0.5) is 10.1 Å². The maximum Gasteiger partial charge on any atom is 0.233 e. The number of carbonyl (C=O) groups is 2. The number of hydrogen-bond donors (Lipinski definition) is 0. The summed E-state index contributed by atoms with van der Waals surface area (Å²) >= 11 is 6.02. The van der Waals surface area contributed by atoms with Gasteiger partial charge in [0.25, 0.3) is 0 Å². The molecule has 3 aliphatic rings. The first-order valence-corrected chi connectivity index (χ1v) is 12.1. The molecule has 1 aliphatic carbocycles. The summed E-state index contributed by atoms with van der Waals surface area (Å²) in [5.41, 5.74) is 1.13. The van der Waals surface area contributed by atoms with Crippen molar-refractivity contribution >= 4 is 29.1 Å². The number of carbonyl (C=O) groups excluding carboxylic acids is 2. The first-order valence-electron chi connectivity index (χ1n) is 11.7. The second-order valence-electron chi connectivity index (χ2n) is 9.36. The molecule has 32 heavy (non-hydrogen) atoms. The lowest BCUT2D eigenvalue weighted by Gasteiger charge is -2.37. The number of benzene rings is 1. The molecule has 4 atom stereocenters. The van der Waals surface area contributed by atoms with E-state index in [1.165, 1.54) is 4.90 Å². The summed E-state index contributed by atoms with van der Waals surface area (Å²) in [6.07, 6.45) is -0.0133. The number of ether oxygens (including phenoxy) is 1. The van der Waals surface area contributed by atoms with Crippen LogP contribution in [0.25, 0.3) is 0 Å². The summed E-state index contributed by atoms with van der Waals surface area (Å²) < 4.78 is 19.9. The van der Waals surface area contributed by atoms with Gasteiger partial charge in [-0.15, -0.1) is 11.6 Å². The van der Waals surface area contributed by atoms with Crippen molar-refractivity contribution in [2.24, 2.45) is 11.8 Å². The van der Waals surface area contributed by atoms with Crippen molar-refractivity contribution in [3.05, 3.63) is 24.3 Å². The van der Waals surface area contributed by atoms with Crippen molar-refractivity contribution < 1.29 is 18.7 Å². The smallest absolute Gasteiger partial charge is 0.233 e. The van der Waals surface area contributed by atoms with E-state index in [4.69, 9.17) is 16.3 Å². The SMILES string of the molecule is CC(C)Oc1ccccc1N1CCN(CCCN2C(=O)C3CC(F)C(Cl)CC3C2=O)CC1. The summed E-state index contributed by atoms with van der Waals surface area (Å²) in [5.74, 6) is -0.419. The Bertz CT molecular complexity index is 802. The van der Waals surface area contributed by atoms with E-state index in [0.717, 1.165) is 50.6 Å². The van der Waals surface area contributed by atoms with E-state index in [0.29, 0.717) is 6.54 Å². The topological polar surface area (TPSA) is 53.1 Å². The number of anilines is 1. The normalized spacial score (nSPS) is 29.0. The van der Waals surface area contributed by atoms with Gasteiger partial charge in [0.15, 0.2) is 0 Å². The fourth-order valence-corrected chi connectivity index (χ4v) is 5.42. The molecular weight excluding hydrogens is 433 g/mol. The van der Waals surface area contributed by atoms with Gasteiger partial charge in [-0.2, -0.15) is 0 Å². The van der Waals surface area contributed by atoms with Gasteiger partial charge in [-0.3, -0.25) is 19.4 Å². The Morgan fingerprint density at radius 2 is 1.69 bits per heavy atom. The molecule has 0 N–H and O–H groups in total. The van der Waals surface area contributed by atoms with E-state index >= 15 is 0 Å². The highest BCUT2D eigenvalue weighted by Crippen LogP contribution is 2.41. The van der Waals surface area contributed by atoms with Crippen molar-refractivity contribution in [3.63, 3.8) is 0 Å². The molecule has 0 bridgehead atoms. The molecule has 4 rings (SSSR count). The number of para-hydroxylation sites is 2. The molecule has 2 saturated heterocycles. The van der Waals surface area contributed by atoms with Crippen LogP contribution < -0.4 is 9.64 Å². The first-order chi connectivity index (χ1) is 15.3. The average Bonchev–Trinajstić information content (AvgIpc) is 2.99. The quantitative estimate of drug-likeness (QED) is 0.456. The summed E-state index contributed by atoms with van der Waals surface area (Å²) in [4.78, 5) is 31.4. The van der Waals surface area contributed by atoms with Crippen molar-refractivity contribution in [2.45, 2.75) is 50.8 Å². The Morgan fingerprint density at radius 3 is 2.38 bits per heavy atom. The molecule has 1 aromatic rings. The Labute approximate surface area is 194 Å². The Morgan fingerprint density at radius 1 is 1.03 bits per heavy atom. The van der Waals surface area contributed by atoms with Gasteiger partial charge < -0.3 is 9.64 Å². The first kappa shape index (κ1) is 23.3. The molecule has 1 aromatic carbocycles. The number of rotatable bonds is 7. The second-order valence-corrected chi connectivity index (χ2v) is 9.92. The molecule has 0 spiro atoms. The molecule has 2 heterocycles. The standard InChI is InChI=1S/C24H33ClFN3O3/c1-16(2)32-22-7-4-3-6-21(22)28-12-10-27(11-13-28)8-5-9-29-23(30)17-14-19(25)20(26)15-18(17)24(29)31/h3-4,6-7,16-20H,5,8-15H2,1-2H3. The van der Waals surface area contributed by atoms with Gasteiger partial charge in [0.1, 0.15) is 11.9 Å². The highest BCUT2D eigenvalue weighted by Gasteiger charge is 2.52. The number of alkyl halides is 2. The van der Waals surface area contributed by atoms with Gasteiger partial charge in [-0.25, -0.2) is 4.39 Å². The number of hydrogen-bond acceptors (Lipinski definition) is 5. The lowest BCUT2D eigenvalue weighted by atomic mass is 9.80. The Kier molecular flexibility index (Phi) is 7.25. The van der Waals surface area contributed by atoms with E-state index in [2.05, 4.69) is 15.9 Å². The number of imide groups is 1. The number of halogens is 2. The molecule has 4 unspecified atom stereocenters. The summed E-state index contributed by atoms with van der Waals surface area (Å²) in [6.45, 7) is 8.93.